The van der Waals surface area contributed by atoms with Gasteiger partial charge in [0.2, 0.25) is 0 Å². The van der Waals surface area contributed by atoms with Gasteiger partial charge in [-0.1, -0.05) is 0 Å². The molecule has 0 amide bonds. The van der Waals surface area contributed by atoms with Crippen LogP contribution in [0.4, 0.5) is 0 Å². The maximum atomic E-state index is 6.21. The van der Waals surface area contributed by atoms with Gasteiger partial charge in [-0.2, -0.15) is 11.8 Å². The maximum Gasteiger partial charge on any atom is 0.0717 e. The van der Waals surface area contributed by atoms with Crippen LogP contribution >= 0.6 is 11.8 Å². The number of thioether (sulfide) groups is 1. The lowest BCUT2D eigenvalue weighted by molar-refractivity contribution is -0.138. The van der Waals surface area contributed by atoms with Crippen molar-refractivity contribution in [3.8, 4) is 0 Å². The van der Waals surface area contributed by atoms with Gasteiger partial charge in [0.15, 0.2) is 0 Å². The van der Waals surface area contributed by atoms with Gasteiger partial charge in [0.05, 0.1) is 11.2 Å². The summed E-state index contributed by atoms with van der Waals surface area (Å²) in [5.41, 5.74) is 5.70. The fourth-order valence-corrected chi connectivity index (χ4v) is 3.30. The highest BCUT2D eigenvalue weighted by molar-refractivity contribution is 7.99. The van der Waals surface area contributed by atoms with Gasteiger partial charge in [-0.15, -0.1) is 0 Å². The quantitative estimate of drug-likeness (QED) is 0.788. The molecule has 0 aromatic carbocycles. The van der Waals surface area contributed by atoms with Crippen molar-refractivity contribution in [2.45, 2.75) is 51.2 Å². The summed E-state index contributed by atoms with van der Waals surface area (Å²) in [6.45, 7) is 7.13. The molecule has 0 aliphatic carbocycles. The van der Waals surface area contributed by atoms with Crippen molar-refractivity contribution >= 4 is 11.8 Å². The summed E-state index contributed by atoms with van der Waals surface area (Å²) in [5, 5.41) is 0. The van der Waals surface area contributed by atoms with Crippen LogP contribution in [0.1, 0.15) is 40.0 Å². The Hall–Kier alpha value is 0.270. The average molecular weight is 217 g/mol. The number of ether oxygens (including phenoxy) is 1. The van der Waals surface area contributed by atoms with E-state index < -0.39 is 0 Å². The Morgan fingerprint density at radius 1 is 1.29 bits per heavy atom. The fourth-order valence-electron chi connectivity index (χ4n) is 2.06. The van der Waals surface area contributed by atoms with Crippen molar-refractivity contribution in [3.05, 3.63) is 0 Å². The Morgan fingerprint density at radius 3 is 2.29 bits per heavy atom. The monoisotopic (exact) mass is 217 g/mol. The van der Waals surface area contributed by atoms with E-state index in [2.05, 4.69) is 20.8 Å². The molecule has 1 saturated heterocycles. The molecule has 14 heavy (non-hydrogen) atoms. The van der Waals surface area contributed by atoms with E-state index in [9.17, 15) is 0 Å². The smallest absolute Gasteiger partial charge is 0.0717 e. The third-order valence-electron chi connectivity index (χ3n) is 2.53. The van der Waals surface area contributed by atoms with Crippen molar-refractivity contribution in [1.29, 1.82) is 0 Å². The first-order valence-corrected chi connectivity index (χ1v) is 6.61. The third-order valence-corrected chi connectivity index (χ3v) is 3.51. The van der Waals surface area contributed by atoms with Crippen LogP contribution in [0, 0.1) is 0 Å². The van der Waals surface area contributed by atoms with Crippen LogP contribution in [0.25, 0.3) is 0 Å². The molecule has 0 saturated carbocycles. The van der Waals surface area contributed by atoms with E-state index in [-0.39, 0.29) is 11.2 Å². The van der Waals surface area contributed by atoms with Crippen LogP contribution in [0.2, 0.25) is 0 Å². The molecule has 1 aliphatic rings. The van der Waals surface area contributed by atoms with E-state index in [4.69, 9.17) is 10.5 Å². The standard InChI is InChI=1S/C11H23NOS/c1-10(2,3)13-11(4-7-12)5-8-14-9-6-11/h4-9,12H2,1-3H3. The Morgan fingerprint density at radius 2 is 1.86 bits per heavy atom. The number of hydrogen-bond donors (Lipinski definition) is 1. The van der Waals surface area contributed by atoms with E-state index in [1.165, 1.54) is 11.5 Å². The molecule has 1 rings (SSSR count). The molecule has 0 atom stereocenters. The lowest BCUT2D eigenvalue weighted by Gasteiger charge is -2.42. The van der Waals surface area contributed by atoms with Crippen LogP contribution in [-0.2, 0) is 4.74 Å². The van der Waals surface area contributed by atoms with Gasteiger partial charge < -0.3 is 10.5 Å². The summed E-state index contributed by atoms with van der Waals surface area (Å²) in [4.78, 5) is 0. The van der Waals surface area contributed by atoms with Gasteiger partial charge in [-0.3, -0.25) is 0 Å². The van der Waals surface area contributed by atoms with E-state index in [0.717, 1.165) is 25.8 Å². The predicted octanol–water partition coefficient (Wildman–Crippen LogP) is 2.42. The maximum absolute atomic E-state index is 6.21. The van der Waals surface area contributed by atoms with Crippen molar-refractivity contribution in [3.63, 3.8) is 0 Å². The number of hydrogen-bond acceptors (Lipinski definition) is 3. The Balaban J connectivity index is 2.60. The van der Waals surface area contributed by atoms with Gasteiger partial charge in [0.25, 0.3) is 0 Å². The second-order valence-electron chi connectivity index (χ2n) is 5.05. The molecule has 1 aliphatic heterocycles. The Kier molecular flexibility index (Phi) is 4.29. The fraction of sp³-hybridized carbons (Fsp3) is 1.00. The first kappa shape index (κ1) is 12.3. The zero-order valence-electron chi connectivity index (χ0n) is 9.64. The molecule has 2 nitrogen and oxygen atoms in total. The Bertz CT molecular complexity index is 165. The van der Waals surface area contributed by atoms with Crippen LogP contribution in [0.15, 0.2) is 0 Å². The first-order valence-electron chi connectivity index (χ1n) is 5.45. The second-order valence-corrected chi connectivity index (χ2v) is 6.27. The largest absolute Gasteiger partial charge is 0.369 e. The molecular weight excluding hydrogens is 194 g/mol. The van der Waals surface area contributed by atoms with Crippen LogP contribution in [0.3, 0.4) is 0 Å². The van der Waals surface area contributed by atoms with Crippen LogP contribution in [0.5, 0.6) is 0 Å². The molecule has 0 radical (unpaired) electrons. The van der Waals surface area contributed by atoms with Gasteiger partial charge in [-0.05, 0) is 58.1 Å². The highest BCUT2D eigenvalue weighted by Crippen LogP contribution is 2.36. The number of rotatable bonds is 3. The SMILES string of the molecule is CC(C)(C)OC1(CCN)CCSCC1. The molecule has 0 spiro atoms. The molecule has 84 valence electrons. The highest BCUT2D eigenvalue weighted by Gasteiger charge is 2.36. The highest BCUT2D eigenvalue weighted by atomic mass is 32.2. The summed E-state index contributed by atoms with van der Waals surface area (Å²) in [7, 11) is 0. The van der Waals surface area contributed by atoms with Crippen molar-refractivity contribution < 1.29 is 4.74 Å². The zero-order chi connectivity index (χ0) is 10.7. The molecule has 3 heteroatoms. The minimum absolute atomic E-state index is 0.0445. The molecule has 0 bridgehead atoms. The van der Waals surface area contributed by atoms with Gasteiger partial charge in [0.1, 0.15) is 0 Å². The van der Waals surface area contributed by atoms with Crippen molar-refractivity contribution in [2.24, 2.45) is 5.73 Å². The predicted molar refractivity (Wildman–Crippen MR) is 63.8 cm³/mol. The van der Waals surface area contributed by atoms with Crippen molar-refractivity contribution in [1.82, 2.24) is 0 Å². The minimum atomic E-state index is -0.0445. The lowest BCUT2D eigenvalue weighted by atomic mass is 9.91. The summed E-state index contributed by atoms with van der Waals surface area (Å²) in [6, 6.07) is 0. The van der Waals surface area contributed by atoms with E-state index >= 15 is 0 Å². The molecule has 1 fully saturated rings. The molecule has 1 heterocycles. The van der Waals surface area contributed by atoms with Crippen LogP contribution in [-0.4, -0.2) is 29.3 Å². The average Bonchev–Trinajstić information content (AvgIpc) is 2.02. The summed E-state index contributed by atoms with van der Waals surface area (Å²) < 4.78 is 6.21. The molecule has 0 aromatic heterocycles. The summed E-state index contributed by atoms with van der Waals surface area (Å²) in [6.07, 6.45) is 3.32. The molecule has 2 N–H and O–H groups in total. The number of nitrogens with two attached hydrogens (primary N) is 1. The minimum Gasteiger partial charge on any atom is -0.369 e. The molecule has 0 unspecified atom stereocenters. The zero-order valence-corrected chi connectivity index (χ0v) is 10.5. The topological polar surface area (TPSA) is 35.2 Å². The van der Waals surface area contributed by atoms with Gasteiger partial charge >= 0.3 is 0 Å². The third kappa shape index (κ3) is 3.79. The molecule has 0 aromatic rings. The summed E-state index contributed by atoms with van der Waals surface area (Å²) in [5.74, 6) is 2.44. The van der Waals surface area contributed by atoms with Crippen molar-refractivity contribution in [2.75, 3.05) is 18.1 Å². The van der Waals surface area contributed by atoms with Gasteiger partial charge in [0, 0.05) is 0 Å². The van der Waals surface area contributed by atoms with E-state index in [1.54, 1.807) is 0 Å². The first-order chi connectivity index (χ1) is 6.47. The second kappa shape index (κ2) is 4.86. The molecular formula is C11H23NOS. The van der Waals surface area contributed by atoms with Gasteiger partial charge in [-0.25, -0.2) is 0 Å². The van der Waals surface area contributed by atoms with Crippen LogP contribution < -0.4 is 5.73 Å². The lowest BCUT2D eigenvalue weighted by Crippen LogP contribution is -2.44. The van der Waals surface area contributed by atoms with E-state index in [1.807, 2.05) is 11.8 Å². The normalized spacial score (nSPS) is 22.3. The van der Waals surface area contributed by atoms with E-state index in [0.29, 0.717) is 0 Å². The summed E-state index contributed by atoms with van der Waals surface area (Å²) >= 11 is 2.03. The Labute approximate surface area is 92.0 Å².